The Kier molecular flexibility index (Phi) is 10.7. The van der Waals surface area contributed by atoms with Crippen molar-refractivity contribution in [2.75, 3.05) is 37.4 Å². The molecule has 24 heavy (non-hydrogen) atoms. The summed E-state index contributed by atoms with van der Waals surface area (Å²) in [5.41, 5.74) is 1.74. The molecule has 0 bridgehead atoms. The molecule has 2 N–H and O–H groups in total. The van der Waals surface area contributed by atoms with Crippen molar-refractivity contribution >= 4 is 53.7 Å². The number of rotatable bonds is 5. The number of hydrogen-bond donors (Lipinski definition) is 2. The van der Waals surface area contributed by atoms with Crippen LogP contribution < -0.4 is 15.5 Å². The average molecular weight is 397 g/mol. The molecule has 1 heterocycles. The van der Waals surface area contributed by atoms with Crippen LogP contribution in [0.3, 0.4) is 0 Å². The van der Waals surface area contributed by atoms with E-state index in [4.69, 9.17) is 11.6 Å². The fourth-order valence-electron chi connectivity index (χ4n) is 3.07. The molecule has 1 saturated heterocycles. The third-order valence-electron chi connectivity index (χ3n) is 4.41. The molecule has 1 fully saturated rings. The average Bonchev–Trinajstić information content (AvgIpc) is 2.47. The van der Waals surface area contributed by atoms with Gasteiger partial charge in [0.05, 0.1) is 11.4 Å². The molecule has 1 unspecified atom stereocenters. The SMILES string of the molecule is CC(CC(=O)Nc1cc(Cl)ccc1N(C)C)C1CCNCC1.Cl.Cl. The number of piperidine rings is 1. The predicted octanol–water partition coefficient (Wildman–Crippen LogP) is 4.21. The van der Waals surface area contributed by atoms with Crippen molar-refractivity contribution in [3.05, 3.63) is 23.2 Å². The van der Waals surface area contributed by atoms with Crippen LogP contribution in [0.4, 0.5) is 11.4 Å². The number of carbonyl (C=O) groups is 1. The lowest BCUT2D eigenvalue weighted by molar-refractivity contribution is -0.117. The highest BCUT2D eigenvalue weighted by Crippen LogP contribution is 2.29. The van der Waals surface area contributed by atoms with Gasteiger partial charge >= 0.3 is 0 Å². The Hall–Kier alpha value is -0.680. The van der Waals surface area contributed by atoms with Gasteiger partial charge in [0, 0.05) is 25.5 Å². The van der Waals surface area contributed by atoms with Crippen molar-refractivity contribution in [3.63, 3.8) is 0 Å². The maximum absolute atomic E-state index is 12.4. The van der Waals surface area contributed by atoms with E-state index in [0.29, 0.717) is 23.3 Å². The van der Waals surface area contributed by atoms with Crippen LogP contribution in [0.1, 0.15) is 26.2 Å². The Morgan fingerprint density at radius 3 is 2.54 bits per heavy atom. The first-order chi connectivity index (χ1) is 10.5. The van der Waals surface area contributed by atoms with Crippen LogP contribution in [-0.2, 0) is 4.79 Å². The van der Waals surface area contributed by atoms with Crippen molar-refractivity contribution < 1.29 is 4.79 Å². The molecule has 1 aromatic carbocycles. The zero-order valence-electron chi connectivity index (χ0n) is 14.5. The summed E-state index contributed by atoms with van der Waals surface area (Å²) in [7, 11) is 3.91. The minimum Gasteiger partial charge on any atom is -0.376 e. The fourth-order valence-corrected chi connectivity index (χ4v) is 3.24. The number of hydrogen-bond acceptors (Lipinski definition) is 3. The molecule has 1 aromatic rings. The monoisotopic (exact) mass is 395 g/mol. The van der Waals surface area contributed by atoms with E-state index in [-0.39, 0.29) is 30.7 Å². The van der Waals surface area contributed by atoms with Gasteiger partial charge in [0.15, 0.2) is 0 Å². The van der Waals surface area contributed by atoms with Crippen LogP contribution in [0.15, 0.2) is 18.2 Å². The van der Waals surface area contributed by atoms with Crippen molar-refractivity contribution in [2.45, 2.75) is 26.2 Å². The van der Waals surface area contributed by atoms with Crippen molar-refractivity contribution in [1.82, 2.24) is 5.32 Å². The number of halogens is 3. The van der Waals surface area contributed by atoms with Crippen LogP contribution in [-0.4, -0.2) is 33.1 Å². The molecule has 138 valence electrons. The zero-order valence-corrected chi connectivity index (χ0v) is 16.9. The molecule has 0 saturated carbocycles. The lowest BCUT2D eigenvalue weighted by Gasteiger charge is -2.28. The summed E-state index contributed by atoms with van der Waals surface area (Å²) in [5, 5.41) is 7.02. The quantitative estimate of drug-likeness (QED) is 0.783. The Balaban J connectivity index is 0.00000264. The van der Waals surface area contributed by atoms with Crippen molar-refractivity contribution in [1.29, 1.82) is 0 Å². The summed E-state index contributed by atoms with van der Waals surface area (Å²) >= 11 is 6.06. The van der Waals surface area contributed by atoms with Gasteiger partial charge in [-0.05, 0) is 56.0 Å². The molecule has 0 aromatic heterocycles. The molecule has 1 aliphatic heterocycles. The Morgan fingerprint density at radius 1 is 1.33 bits per heavy atom. The van der Waals surface area contributed by atoms with E-state index in [1.54, 1.807) is 0 Å². The van der Waals surface area contributed by atoms with Gasteiger partial charge < -0.3 is 15.5 Å². The van der Waals surface area contributed by atoms with Gasteiger partial charge in [-0.25, -0.2) is 0 Å². The predicted molar refractivity (Wildman–Crippen MR) is 108 cm³/mol. The van der Waals surface area contributed by atoms with Crippen molar-refractivity contribution in [2.24, 2.45) is 11.8 Å². The van der Waals surface area contributed by atoms with Gasteiger partial charge in [0.2, 0.25) is 5.91 Å². The van der Waals surface area contributed by atoms with Crippen LogP contribution in [0, 0.1) is 11.8 Å². The van der Waals surface area contributed by atoms with Crippen LogP contribution in [0.25, 0.3) is 0 Å². The fraction of sp³-hybridized carbons (Fsp3) is 0.588. The summed E-state index contributed by atoms with van der Waals surface area (Å²) in [4.78, 5) is 14.3. The summed E-state index contributed by atoms with van der Waals surface area (Å²) < 4.78 is 0. The smallest absolute Gasteiger partial charge is 0.224 e. The normalized spacial score (nSPS) is 15.7. The molecule has 0 spiro atoms. The van der Waals surface area contributed by atoms with Gasteiger partial charge in [-0.2, -0.15) is 0 Å². The minimum atomic E-state index is 0. The van der Waals surface area contributed by atoms with E-state index in [1.165, 1.54) is 0 Å². The van der Waals surface area contributed by atoms with E-state index in [1.807, 2.05) is 37.2 Å². The Morgan fingerprint density at radius 2 is 1.96 bits per heavy atom. The first kappa shape index (κ1) is 23.3. The van der Waals surface area contributed by atoms with E-state index >= 15 is 0 Å². The molecule has 7 heteroatoms. The first-order valence-electron chi connectivity index (χ1n) is 7.95. The van der Waals surface area contributed by atoms with E-state index < -0.39 is 0 Å². The molecule has 0 radical (unpaired) electrons. The third kappa shape index (κ3) is 6.67. The second-order valence-electron chi connectivity index (χ2n) is 6.37. The lowest BCUT2D eigenvalue weighted by Crippen LogP contribution is -2.32. The Bertz CT molecular complexity index is 520. The molecule has 1 aliphatic rings. The molecule has 2 rings (SSSR count). The second kappa shape index (κ2) is 11.0. The minimum absolute atomic E-state index is 0. The van der Waals surface area contributed by atoms with E-state index in [9.17, 15) is 4.79 Å². The third-order valence-corrected chi connectivity index (χ3v) is 4.65. The molecule has 4 nitrogen and oxygen atoms in total. The molecular weight excluding hydrogens is 369 g/mol. The van der Waals surface area contributed by atoms with Gasteiger partial charge in [-0.3, -0.25) is 4.79 Å². The molecular formula is C17H28Cl3N3O. The molecule has 1 amide bonds. The molecule has 0 aliphatic carbocycles. The summed E-state index contributed by atoms with van der Waals surface area (Å²) in [6.07, 6.45) is 2.88. The van der Waals surface area contributed by atoms with E-state index in [2.05, 4.69) is 17.6 Å². The summed E-state index contributed by atoms with van der Waals surface area (Å²) in [5.74, 6) is 1.11. The zero-order chi connectivity index (χ0) is 16.1. The Labute approximate surface area is 162 Å². The standard InChI is InChI=1S/C17H26ClN3O.2ClH/c1-12(13-6-8-19-9-7-13)10-17(22)20-15-11-14(18)4-5-16(15)21(2)3;;/h4-5,11-13,19H,6-10H2,1-3H3,(H,20,22);2*1H. The number of nitrogens with one attached hydrogen (secondary N) is 2. The second-order valence-corrected chi connectivity index (χ2v) is 6.81. The number of anilines is 2. The van der Waals surface area contributed by atoms with E-state index in [0.717, 1.165) is 37.3 Å². The number of amides is 1. The van der Waals surface area contributed by atoms with Gasteiger partial charge in [0.1, 0.15) is 0 Å². The summed E-state index contributed by atoms with van der Waals surface area (Å²) in [6.45, 7) is 4.31. The van der Waals surface area contributed by atoms with Crippen LogP contribution in [0.5, 0.6) is 0 Å². The van der Waals surface area contributed by atoms with Gasteiger partial charge in [-0.15, -0.1) is 24.8 Å². The summed E-state index contributed by atoms with van der Waals surface area (Å²) in [6, 6.07) is 5.57. The maximum Gasteiger partial charge on any atom is 0.224 e. The maximum atomic E-state index is 12.4. The van der Waals surface area contributed by atoms with Gasteiger partial charge in [-0.1, -0.05) is 18.5 Å². The topological polar surface area (TPSA) is 44.4 Å². The molecule has 1 atom stereocenters. The van der Waals surface area contributed by atoms with Gasteiger partial charge in [0.25, 0.3) is 0 Å². The first-order valence-corrected chi connectivity index (χ1v) is 8.32. The highest BCUT2D eigenvalue weighted by atomic mass is 35.5. The van der Waals surface area contributed by atoms with Crippen LogP contribution >= 0.6 is 36.4 Å². The number of carbonyl (C=O) groups excluding carboxylic acids is 1. The highest BCUT2D eigenvalue weighted by Gasteiger charge is 2.22. The number of nitrogens with zero attached hydrogens (tertiary/aromatic N) is 1. The van der Waals surface area contributed by atoms with Crippen molar-refractivity contribution in [3.8, 4) is 0 Å². The lowest BCUT2D eigenvalue weighted by atomic mass is 9.84. The van der Waals surface area contributed by atoms with Crippen LogP contribution in [0.2, 0.25) is 5.02 Å². The number of benzene rings is 1. The largest absolute Gasteiger partial charge is 0.376 e. The highest BCUT2D eigenvalue weighted by molar-refractivity contribution is 6.31.